The van der Waals surface area contributed by atoms with Gasteiger partial charge in [-0.05, 0) is 13.8 Å². The molecule has 6 nitrogen and oxygen atoms in total. The van der Waals surface area contributed by atoms with Crippen LogP contribution < -0.4 is 0 Å². The van der Waals surface area contributed by atoms with Crippen molar-refractivity contribution in [3.05, 3.63) is 0 Å². The molecule has 2 rings (SSSR count). The largest absolute Gasteiger partial charge is 0.509 e. The van der Waals surface area contributed by atoms with Crippen LogP contribution in [0, 0.1) is 0 Å². The maximum Gasteiger partial charge on any atom is 0.509 e. The lowest BCUT2D eigenvalue weighted by atomic mass is 9.89. The number of fused-ring (bicyclic) bond motifs is 1. The highest BCUT2D eigenvalue weighted by molar-refractivity contribution is 5.66. The second-order valence-corrected chi connectivity index (χ2v) is 4.29. The van der Waals surface area contributed by atoms with Crippen molar-refractivity contribution in [1.29, 1.82) is 0 Å². The molecule has 2 saturated heterocycles. The number of carbonyl (C=O) groups excluding carboxylic acids is 2. The first kappa shape index (κ1) is 11.2. The Morgan fingerprint density at radius 1 is 1.56 bits per heavy atom. The number of ether oxygens (including phenoxy) is 4. The highest BCUT2D eigenvalue weighted by atomic mass is 16.8. The summed E-state index contributed by atoms with van der Waals surface area (Å²) in [5.74, 6) is -0.426. The monoisotopic (exact) mass is 230 g/mol. The van der Waals surface area contributed by atoms with Gasteiger partial charge in [0.1, 0.15) is 6.10 Å². The molecule has 0 aromatic rings. The van der Waals surface area contributed by atoms with Crippen LogP contribution in [0.1, 0.15) is 27.2 Å². The summed E-state index contributed by atoms with van der Waals surface area (Å²) in [5.41, 5.74) is -0.783. The number of hydrogen-bond acceptors (Lipinski definition) is 6. The maximum atomic E-state index is 11.1. The molecule has 0 bridgehead atoms. The molecule has 0 aliphatic carbocycles. The minimum Gasteiger partial charge on any atom is -0.436 e. The van der Waals surface area contributed by atoms with Gasteiger partial charge in [0.25, 0.3) is 0 Å². The molecule has 0 spiro atoms. The summed E-state index contributed by atoms with van der Waals surface area (Å²) in [5, 5.41) is 0. The van der Waals surface area contributed by atoms with Gasteiger partial charge >= 0.3 is 12.1 Å². The van der Waals surface area contributed by atoms with E-state index in [2.05, 4.69) is 0 Å². The summed E-state index contributed by atoms with van der Waals surface area (Å²) in [6.07, 6.45) is -1.93. The molecule has 0 N–H and O–H groups in total. The molecule has 0 amide bonds. The lowest BCUT2D eigenvalue weighted by Gasteiger charge is -2.39. The Balaban J connectivity index is 2.12. The van der Waals surface area contributed by atoms with E-state index in [4.69, 9.17) is 18.9 Å². The van der Waals surface area contributed by atoms with Crippen LogP contribution in [0.15, 0.2) is 0 Å². The second-order valence-electron chi connectivity index (χ2n) is 4.29. The number of rotatable bonds is 1. The number of hydrogen-bond donors (Lipinski definition) is 0. The van der Waals surface area contributed by atoms with Crippen molar-refractivity contribution in [2.45, 2.75) is 51.3 Å². The van der Waals surface area contributed by atoms with Crippen LogP contribution in [0.5, 0.6) is 0 Å². The predicted octanol–water partition coefficient (Wildman–Crippen LogP) is 0.979. The van der Waals surface area contributed by atoms with E-state index in [1.807, 2.05) is 0 Å². The third-order valence-electron chi connectivity index (χ3n) is 2.80. The molecule has 90 valence electrons. The van der Waals surface area contributed by atoms with Gasteiger partial charge in [0.05, 0.1) is 6.42 Å². The Bertz CT molecular complexity index is 327. The van der Waals surface area contributed by atoms with Crippen molar-refractivity contribution in [2.75, 3.05) is 0 Å². The average Bonchev–Trinajstić information content (AvgIpc) is 2.38. The Labute approximate surface area is 92.8 Å². The summed E-state index contributed by atoms with van der Waals surface area (Å²) in [7, 11) is 0. The molecule has 2 aliphatic heterocycles. The molecule has 1 unspecified atom stereocenters. The van der Waals surface area contributed by atoms with E-state index in [0.717, 1.165) is 0 Å². The van der Waals surface area contributed by atoms with E-state index in [1.165, 1.54) is 6.92 Å². The van der Waals surface area contributed by atoms with Gasteiger partial charge in [-0.15, -0.1) is 0 Å². The van der Waals surface area contributed by atoms with E-state index < -0.39 is 30.1 Å². The average molecular weight is 230 g/mol. The molecule has 16 heavy (non-hydrogen) atoms. The molecule has 2 heterocycles. The Hall–Kier alpha value is -1.30. The van der Waals surface area contributed by atoms with E-state index in [1.54, 1.807) is 13.8 Å². The van der Waals surface area contributed by atoms with E-state index >= 15 is 0 Å². The minimum absolute atomic E-state index is 0.285. The van der Waals surface area contributed by atoms with Gasteiger partial charge in [-0.1, -0.05) is 0 Å². The van der Waals surface area contributed by atoms with Gasteiger partial charge in [0, 0.05) is 6.92 Å². The number of esters is 1. The lowest BCUT2D eigenvalue weighted by molar-refractivity contribution is -0.239. The molecule has 0 saturated carbocycles. The van der Waals surface area contributed by atoms with Crippen molar-refractivity contribution in [1.82, 2.24) is 0 Å². The topological polar surface area (TPSA) is 71.1 Å². The Morgan fingerprint density at radius 3 is 2.88 bits per heavy atom. The molecule has 0 radical (unpaired) electrons. The van der Waals surface area contributed by atoms with Crippen molar-refractivity contribution >= 4 is 12.1 Å². The molecular weight excluding hydrogens is 216 g/mol. The maximum absolute atomic E-state index is 11.1. The SMILES string of the molecule is CC(=O)OC1C[C@]2(C)OC(=O)O[C@@H]2[C@@H](C)O1. The molecule has 6 heteroatoms. The predicted molar refractivity (Wildman–Crippen MR) is 50.5 cm³/mol. The first-order valence-corrected chi connectivity index (χ1v) is 5.13. The van der Waals surface area contributed by atoms with Crippen molar-refractivity contribution in [3.63, 3.8) is 0 Å². The van der Waals surface area contributed by atoms with Gasteiger partial charge in [-0.3, -0.25) is 4.79 Å². The van der Waals surface area contributed by atoms with E-state index in [-0.39, 0.29) is 12.5 Å². The van der Waals surface area contributed by atoms with Crippen LogP contribution in [0.4, 0.5) is 4.79 Å². The van der Waals surface area contributed by atoms with Crippen molar-refractivity contribution in [2.24, 2.45) is 0 Å². The summed E-state index contributed by atoms with van der Waals surface area (Å²) in [4.78, 5) is 21.9. The van der Waals surface area contributed by atoms with Crippen LogP contribution >= 0.6 is 0 Å². The smallest absolute Gasteiger partial charge is 0.436 e. The fourth-order valence-electron chi connectivity index (χ4n) is 2.20. The van der Waals surface area contributed by atoms with Gasteiger partial charge in [-0.25, -0.2) is 4.79 Å². The van der Waals surface area contributed by atoms with Crippen molar-refractivity contribution in [3.8, 4) is 0 Å². The van der Waals surface area contributed by atoms with Crippen LogP contribution in [-0.2, 0) is 23.7 Å². The summed E-state index contributed by atoms with van der Waals surface area (Å²) in [6.45, 7) is 4.80. The van der Waals surface area contributed by atoms with Crippen LogP contribution in [0.2, 0.25) is 0 Å². The van der Waals surface area contributed by atoms with Crippen LogP contribution in [0.3, 0.4) is 0 Å². The molecule has 4 atom stereocenters. The van der Waals surface area contributed by atoms with Gasteiger partial charge < -0.3 is 18.9 Å². The zero-order valence-corrected chi connectivity index (χ0v) is 9.39. The summed E-state index contributed by atoms with van der Waals surface area (Å²) < 4.78 is 20.5. The number of carbonyl (C=O) groups is 2. The van der Waals surface area contributed by atoms with Crippen LogP contribution in [0.25, 0.3) is 0 Å². The van der Waals surface area contributed by atoms with E-state index in [0.29, 0.717) is 0 Å². The summed E-state index contributed by atoms with van der Waals surface area (Å²) >= 11 is 0. The van der Waals surface area contributed by atoms with Gasteiger partial charge in [-0.2, -0.15) is 0 Å². The highest BCUT2D eigenvalue weighted by Gasteiger charge is 2.56. The molecule has 0 aromatic heterocycles. The zero-order valence-electron chi connectivity index (χ0n) is 9.39. The molecule has 2 aliphatic rings. The standard InChI is InChI=1S/C10H14O6/c1-5-8-10(3,16-9(12)15-8)4-7(13-5)14-6(2)11/h5,7-8H,4H2,1-3H3/t5-,7?,8-,10+/m1/s1. The van der Waals surface area contributed by atoms with Crippen LogP contribution in [-0.4, -0.2) is 36.2 Å². The van der Waals surface area contributed by atoms with Gasteiger partial charge in [0.2, 0.25) is 6.29 Å². The fourth-order valence-corrected chi connectivity index (χ4v) is 2.20. The second kappa shape index (κ2) is 3.62. The minimum atomic E-state index is -0.783. The zero-order chi connectivity index (χ0) is 11.9. The van der Waals surface area contributed by atoms with Gasteiger partial charge in [0.15, 0.2) is 11.7 Å². The molecule has 0 aromatic carbocycles. The normalized spacial score (nSPS) is 41.9. The Morgan fingerprint density at radius 2 is 2.25 bits per heavy atom. The first-order chi connectivity index (χ1) is 7.40. The Kier molecular flexibility index (Phi) is 2.53. The fraction of sp³-hybridized carbons (Fsp3) is 0.800. The molecule has 2 fully saturated rings. The quantitative estimate of drug-likeness (QED) is 0.625. The highest BCUT2D eigenvalue weighted by Crippen LogP contribution is 2.39. The third kappa shape index (κ3) is 1.84. The first-order valence-electron chi connectivity index (χ1n) is 5.13. The summed E-state index contributed by atoms with van der Waals surface area (Å²) in [6, 6.07) is 0. The van der Waals surface area contributed by atoms with Crippen molar-refractivity contribution < 1.29 is 28.5 Å². The molecular formula is C10H14O6. The third-order valence-corrected chi connectivity index (χ3v) is 2.80. The van der Waals surface area contributed by atoms with E-state index in [9.17, 15) is 9.59 Å². The lowest BCUT2D eigenvalue weighted by Crippen LogP contribution is -2.53.